The van der Waals surface area contributed by atoms with Crippen LogP contribution in [-0.2, 0) is 19.8 Å². The quantitative estimate of drug-likeness (QED) is 0.565. The summed E-state index contributed by atoms with van der Waals surface area (Å²) in [6, 6.07) is 16.6. The van der Waals surface area contributed by atoms with Crippen LogP contribution in [0.1, 0.15) is 32.3 Å². The molecule has 3 amide bonds. The van der Waals surface area contributed by atoms with Crippen LogP contribution in [0.15, 0.2) is 54.6 Å². The maximum Gasteiger partial charge on any atom is 0.302 e. The lowest BCUT2D eigenvalue weighted by Crippen LogP contribution is -2.47. The molecule has 0 aliphatic carbocycles. The number of amides is 3. The van der Waals surface area contributed by atoms with Gasteiger partial charge in [0.2, 0.25) is 17.7 Å². The average molecular weight is 445 g/mol. The van der Waals surface area contributed by atoms with Crippen LogP contribution in [0.5, 0.6) is 0 Å². The highest BCUT2D eigenvalue weighted by Gasteiger charge is 2.59. The fourth-order valence-corrected chi connectivity index (χ4v) is 4.95. The van der Waals surface area contributed by atoms with Gasteiger partial charge in [0, 0.05) is 25.0 Å². The number of anilines is 2. The van der Waals surface area contributed by atoms with E-state index >= 15 is 0 Å². The number of rotatable bonds is 5. The van der Waals surface area contributed by atoms with Gasteiger partial charge in [0.15, 0.2) is 0 Å². The molecular formula is C26H28N4O3. The molecule has 0 radical (unpaired) electrons. The van der Waals surface area contributed by atoms with Gasteiger partial charge >= 0.3 is 6.17 Å². The van der Waals surface area contributed by atoms with Crippen LogP contribution in [0.4, 0.5) is 11.4 Å². The van der Waals surface area contributed by atoms with E-state index in [9.17, 15) is 14.4 Å². The summed E-state index contributed by atoms with van der Waals surface area (Å²) < 4.78 is 0. The lowest BCUT2D eigenvalue weighted by atomic mass is 9.80. The Morgan fingerprint density at radius 2 is 1.85 bits per heavy atom. The first-order chi connectivity index (χ1) is 15.8. The molecule has 7 heteroatoms. The van der Waals surface area contributed by atoms with Gasteiger partial charge < -0.3 is 10.2 Å². The Hall–Kier alpha value is -3.66. The molecule has 1 spiro atoms. The first-order valence-electron chi connectivity index (χ1n) is 11.2. The SMILES string of the molecule is [C-]#[N+][C@@H]1C[C@@]2(CN1C(=O)C(CC(C)C)C(=O)N(C)c1ccccc1)C(=O)Nc1ccccc12. The molecule has 33 heavy (non-hydrogen) atoms. The Kier molecular flexibility index (Phi) is 5.94. The Morgan fingerprint density at radius 3 is 2.52 bits per heavy atom. The van der Waals surface area contributed by atoms with Crippen molar-refractivity contribution < 1.29 is 14.4 Å². The summed E-state index contributed by atoms with van der Waals surface area (Å²) in [6.07, 6.45) is -0.201. The number of para-hydroxylation sites is 2. The van der Waals surface area contributed by atoms with E-state index in [1.165, 1.54) is 9.80 Å². The molecule has 2 aromatic carbocycles. The number of fused-ring (bicyclic) bond motifs is 2. The van der Waals surface area contributed by atoms with Gasteiger partial charge in [-0.25, -0.2) is 6.57 Å². The molecule has 1 fully saturated rings. The summed E-state index contributed by atoms with van der Waals surface area (Å²) in [5.74, 6) is -1.70. The zero-order chi connectivity index (χ0) is 23.8. The molecule has 1 unspecified atom stereocenters. The number of carbonyl (C=O) groups is 3. The number of benzene rings is 2. The lowest BCUT2D eigenvalue weighted by Gasteiger charge is -2.28. The van der Waals surface area contributed by atoms with Crippen LogP contribution in [0.3, 0.4) is 0 Å². The van der Waals surface area contributed by atoms with Gasteiger partial charge in [0.1, 0.15) is 11.3 Å². The first kappa shape index (κ1) is 22.5. The molecule has 2 heterocycles. The molecule has 3 atom stereocenters. The van der Waals surface area contributed by atoms with Crippen molar-refractivity contribution in [2.45, 2.75) is 38.3 Å². The molecule has 170 valence electrons. The van der Waals surface area contributed by atoms with Crippen LogP contribution in [-0.4, -0.2) is 42.4 Å². The summed E-state index contributed by atoms with van der Waals surface area (Å²) in [5.41, 5.74) is 1.28. The van der Waals surface area contributed by atoms with Gasteiger partial charge in [-0.3, -0.25) is 24.1 Å². The van der Waals surface area contributed by atoms with Crippen molar-refractivity contribution in [3.63, 3.8) is 0 Å². The molecule has 7 nitrogen and oxygen atoms in total. The number of hydrogen-bond acceptors (Lipinski definition) is 3. The van der Waals surface area contributed by atoms with Crippen molar-refractivity contribution in [1.29, 1.82) is 0 Å². The van der Waals surface area contributed by atoms with E-state index < -0.39 is 17.5 Å². The standard InChI is InChI=1S/C26H28N4O3/c1-17(2)14-19(23(31)29(4)18-10-6-5-7-11-18)24(32)30-16-26(15-22(30)27-3)20-12-8-9-13-21(20)28-25(26)33/h5-13,17,19,22H,14-16H2,1-2,4H3,(H,28,33)/t19?,22-,26-/m0/s1. The van der Waals surface area contributed by atoms with Crippen molar-refractivity contribution in [3.05, 3.63) is 71.6 Å². The molecule has 0 bridgehead atoms. The smallest absolute Gasteiger partial charge is 0.302 e. The summed E-state index contributed by atoms with van der Waals surface area (Å²) in [6.45, 7) is 11.8. The number of nitrogens with one attached hydrogen (secondary N) is 1. The highest BCUT2D eigenvalue weighted by molar-refractivity contribution is 6.10. The highest BCUT2D eigenvalue weighted by Crippen LogP contribution is 2.47. The summed E-state index contributed by atoms with van der Waals surface area (Å²) in [7, 11) is 1.66. The number of carbonyl (C=O) groups excluding carboxylic acids is 3. The second kappa shape index (κ2) is 8.70. The van der Waals surface area contributed by atoms with E-state index in [1.54, 1.807) is 7.05 Å². The Labute approximate surface area is 194 Å². The molecule has 4 rings (SSSR count). The van der Waals surface area contributed by atoms with Gasteiger partial charge in [0.25, 0.3) is 0 Å². The molecule has 1 N–H and O–H groups in total. The topological polar surface area (TPSA) is 74.1 Å². The van der Waals surface area contributed by atoms with Crippen molar-refractivity contribution >= 4 is 29.1 Å². The highest BCUT2D eigenvalue weighted by atomic mass is 16.2. The van der Waals surface area contributed by atoms with Crippen molar-refractivity contribution in [3.8, 4) is 0 Å². The largest absolute Gasteiger partial charge is 0.325 e. The molecule has 1 saturated heterocycles. The third-order valence-corrected chi connectivity index (χ3v) is 6.67. The van der Waals surface area contributed by atoms with Gasteiger partial charge in [-0.15, -0.1) is 0 Å². The van der Waals surface area contributed by atoms with Crippen LogP contribution < -0.4 is 10.2 Å². The van der Waals surface area contributed by atoms with Crippen molar-refractivity contribution in [1.82, 2.24) is 4.90 Å². The van der Waals surface area contributed by atoms with E-state index in [2.05, 4.69) is 10.2 Å². The zero-order valence-corrected chi connectivity index (χ0v) is 19.1. The Morgan fingerprint density at radius 1 is 1.18 bits per heavy atom. The van der Waals surface area contributed by atoms with Gasteiger partial charge in [-0.05, 0) is 36.1 Å². The molecule has 2 aromatic rings. The van der Waals surface area contributed by atoms with Gasteiger partial charge in [0.05, 0.1) is 6.42 Å². The predicted octanol–water partition coefficient (Wildman–Crippen LogP) is 3.68. The molecule has 2 aliphatic heterocycles. The molecular weight excluding hydrogens is 416 g/mol. The van der Waals surface area contributed by atoms with E-state index in [-0.39, 0.29) is 36.6 Å². The fourth-order valence-electron chi connectivity index (χ4n) is 4.95. The number of hydrogen-bond donors (Lipinski definition) is 1. The number of nitrogens with zero attached hydrogens (tertiary/aromatic N) is 3. The zero-order valence-electron chi connectivity index (χ0n) is 19.1. The monoisotopic (exact) mass is 444 g/mol. The number of likely N-dealkylation sites (tertiary alicyclic amines) is 1. The van der Waals surface area contributed by atoms with Crippen molar-refractivity contribution in [2.24, 2.45) is 11.8 Å². The second-order valence-electron chi connectivity index (χ2n) is 9.28. The molecule has 2 aliphatic rings. The van der Waals surface area contributed by atoms with E-state index in [4.69, 9.17) is 6.57 Å². The minimum atomic E-state index is -0.960. The van der Waals surface area contributed by atoms with Crippen LogP contribution >= 0.6 is 0 Å². The average Bonchev–Trinajstić information content (AvgIpc) is 3.35. The normalized spacial score (nSPS) is 22.1. The minimum Gasteiger partial charge on any atom is -0.325 e. The third kappa shape index (κ3) is 3.86. The maximum atomic E-state index is 13.8. The minimum absolute atomic E-state index is 0.0959. The van der Waals surface area contributed by atoms with E-state index in [1.807, 2.05) is 68.4 Å². The summed E-state index contributed by atoms with van der Waals surface area (Å²) >= 11 is 0. The first-order valence-corrected chi connectivity index (χ1v) is 11.2. The van der Waals surface area contributed by atoms with Gasteiger partial charge in [-0.1, -0.05) is 50.2 Å². The Bertz CT molecular complexity index is 1120. The van der Waals surface area contributed by atoms with Crippen LogP contribution in [0, 0.1) is 18.4 Å². The second-order valence-corrected chi connectivity index (χ2v) is 9.28. The van der Waals surface area contributed by atoms with Crippen molar-refractivity contribution in [2.75, 3.05) is 23.8 Å². The van der Waals surface area contributed by atoms with Crippen LogP contribution in [0.25, 0.3) is 4.85 Å². The summed E-state index contributed by atoms with van der Waals surface area (Å²) in [5, 5.41) is 2.90. The van der Waals surface area contributed by atoms with Gasteiger partial charge in [-0.2, -0.15) is 0 Å². The van der Waals surface area contributed by atoms with Crippen LogP contribution in [0.2, 0.25) is 0 Å². The van der Waals surface area contributed by atoms with E-state index in [0.29, 0.717) is 12.1 Å². The summed E-state index contributed by atoms with van der Waals surface area (Å²) in [4.78, 5) is 46.9. The maximum absolute atomic E-state index is 13.8. The lowest BCUT2D eigenvalue weighted by molar-refractivity contribution is -0.142. The predicted molar refractivity (Wildman–Crippen MR) is 126 cm³/mol. The Balaban J connectivity index is 1.66. The molecule has 0 aromatic heterocycles. The van der Waals surface area contributed by atoms with E-state index in [0.717, 1.165) is 11.3 Å². The fraction of sp³-hybridized carbons (Fsp3) is 0.385. The molecule has 0 saturated carbocycles. The third-order valence-electron chi connectivity index (χ3n) is 6.67.